The molecule has 0 fully saturated rings. The number of methoxy groups -OCH3 is 4. The van der Waals surface area contributed by atoms with Crippen LogP contribution < -0.4 is 0 Å². The molecule has 0 unspecified atom stereocenters. The first-order chi connectivity index (χ1) is 11.1. The van der Waals surface area contributed by atoms with E-state index in [1.54, 1.807) is 28.4 Å². The Morgan fingerprint density at radius 2 is 1.39 bits per heavy atom. The van der Waals surface area contributed by atoms with Gasteiger partial charge in [-0.3, -0.25) is 0 Å². The van der Waals surface area contributed by atoms with Crippen molar-refractivity contribution in [3.63, 3.8) is 0 Å². The van der Waals surface area contributed by atoms with Crippen LogP contribution in [0.25, 0.3) is 0 Å². The molecule has 4 nitrogen and oxygen atoms in total. The van der Waals surface area contributed by atoms with Gasteiger partial charge in [0.1, 0.15) is 6.10 Å². The second kappa shape index (κ2) is 11.0. The van der Waals surface area contributed by atoms with Crippen molar-refractivity contribution < 1.29 is 18.9 Å². The number of hydrogen-bond acceptors (Lipinski definition) is 5. The summed E-state index contributed by atoms with van der Waals surface area (Å²) in [4.78, 5) is 1.27. The highest BCUT2D eigenvalue weighted by Gasteiger charge is 2.35. The van der Waals surface area contributed by atoms with Crippen LogP contribution in [-0.2, 0) is 18.9 Å². The Balaban J connectivity index is 2.68. The fourth-order valence-corrected chi connectivity index (χ4v) is 3.92. The van der Waals surface area contributed by atoms with E-state index in [1.807, 2.05) is 17.8 Å². The molecule has 5 heteroatoms. The Hall–Kier alpha value is -0.590. The van der Waals surface area contributed by atoms with Crippen molar-refractivity contribution in [2.75, 3.05) is 34.2 Å². The van der Waals surface area contributed by atoms with Crippen molar-refractivity contribution in [1.29, 1.82) is 0 Å². The van der Waals surface area contributed by atoms with Crippen molar-refractivity contribution in [2.24, 2.45) is 11.8 Å². The molecule has 0 saturated heterocycles. The SMILES string of the molecule is COC(OC)[C@H](OC)[C@@H](C)[C@@H](OC)[C@@H](C)CSc1ccccc1. The molecule has 0 aliphatic rings. The van der Waals surface area contributed by atoms with Crippen LogP contribution in [0.3, 0.4) is 0 Å². The first kappa shape index (κ1) is 20.5. The van der Waals surface area contributed by atoms with Gasteiger partial charge in [0.25, 0.3) is 0 Å². The second-order valence-corrected chi connectivity index (χ2v) is 6.79. The normalized spacial score (nSPS) is 17.0. The third kappa shape index (κ3) is 6.08. The second-order valence-electron chi connectivity index (χ2n) is 5.70. The summed E-state index contributed by atoms with van der Waals surface area (Å²) in [6, 6.07) is 10.4. The van der Waals surface area contributed by atoms with Gasteiger partial charge in [-0.25, -0.2) is 0 Å². The van der Waals surface area contributed by atoms with Crippen LogP contribution >= 0.6 is 11.8 Å². The van der Waals surface area contributed by atoms with Crippen LogP contribution in [0.4, 0.5) is 0 Å². The summed E-state index contributed by atoms with van der Waals surface area (Å²) in [7, 11) is 6.70. The average Bonchev–Trinajstić information content (AvgIpc) is 2.59. The number of hydrogen-bond donors (Lipinski definition) is 0. The summed E-state index contributed by atoms with van der Waals surface area (Å²) in [6.07, 6.45) is -0.523. The van der Waals surface area contributed by atoms with E-state index in [4.69, 9.17) is 18.9 Å². The first-order valence-electron chi connectivity index (χ1n) is 7.88. The van der Waals surface area contributed by atoms with Gasteiger partial charge >= 0.3 is 0 Å². The minimum absolute atomic E-state index is 0.0592. The molecule has 0 aromatic heterocycles. The zero-order valence-corrected chi connectivity index (χ0v) is 15.8. The number of rotatable bonds is 11. The van der Waals surface area contributed by atoms with E-state index in [9.17, 15) is 0 Å². The molecule has 0 amide bonds. The lowest BCUT2D eigenvalue weighted by Gasteiger charge is -2.35. The van der Waals surface area contributed by atoms with E-state index in [1.165, 1.54) is 4.90 Å². The lowest BCUT2D eigenvalue weighted by Crippen LogP contribution is -2.44. The number of ether oxygens (including phenoxy) is 4. The number of thioether (sulfide) groups is 1. The van der Waals surface area contributed by atoms with Crippen LogP contribution in [-0.4, -0.2) is 52.7 Å². The van der Waals surface area contributed by atoms with Crippen molar-refractivity contribution in [3.8, 4) is 0 Å². The van der Waals surface area contributed by atoms with Crippen LogP contribution in [0.15, 0.2) is 35.2 Å². The number of benzene rings is 1. The quantitative estimate of drug-likeness (QED) is 0.453. The van der Waals surface area contributed by atoms with E-state index in [-0.39, 0.29) is 18.1 Å². The Kier molecular flexibility index (Phi) is 9.83. The molecule has 1 aromatic carbocycles. The molecule has 1 aromatic rings. The highest BCUT2D eigenvalue weighted by molar-refractivity contribution is 7.99. The topological polar surface area (TPSA) is 36.9 Å². The van der Waals surface area contributed by atoms with Crippen LogP contribution in [0.2, 0.25) is 0 Å². The molecule has 0 saturated carbocycles. The molecular formula is C18H30O4S. The molecule has 0 radical (unpaired) electrons. The van der Waals surface area contributed by atoms with Gasteiger partial charge in [0.05, 0.1) is 6.10 Å². The van der Waals surface area contributed by atoms with E-state index >= 15 is 0 Å². The Labute approximate surface area is 144 Å². The Morgan fingerprint density at radius 1 is 0.826 bits per heavy atom. The third-order valence-electron chi connectivity index (χ3n) is 4.13. The summed E-state index contributed by atoms with van der Waals surface area (Å²) < 4.78 is 22.1. The van der Waals surface area contributed by atoms with Crippen molar-refractivity contribution in [3.05, 3.63) is 30.3 Å². The molecule has 132 valence electrons. The average molecular weight is 343 g/mol. The maximum absolute atomic E-state index is 5.78. The van der Waals surface area contributed by atoms with Crippen LogP contribution in [0.5, 0.6) is 0 Å². The van der Waals surface area contributed by atoms with Crippen LogP contribution in [0, 0.1) is 11.8 Å². The van der Waals surface area contributed by atoms with E-state index < -0.39 is 6.29 Å². The van der Waals surface area contributed by atoms with Crippen molar-refractivity contribution >= 4 is 11.8 Å². The molecule has 0 spiro atoms. The molecule has 0 heterocycles. The lowest BCUT2D eigenvalue weighted by molar-refractivity contribution is -0.200. The smallest absolute Gasteiger partial charge is 0.183 e. The van der Waals surface area contributed by atoms with Gasteiger partial charge in [-0.1, -0.05) is 32.0 Å². The van der Waals surface area contributed by atoms with Gasteiger partial charge in [0.2, 0.25) is 0 Å². The summed E-state index contributed by atoms with van der Waals surface area (Å²) >= 11 is 1.85. The van der Waals surface area contributed by atoms with Gasteiger partial charge in [-0.05, 0) is 18.1 Å². The molecule has 0 aliphatic heterocycles. The van der Waals surface area contributed by atoms with Gasteiger partial charge < -0.3 is 18.9 Å². The Bertz CT molecular complexity index is 411. The van der Waals surface area contributed by atoms with Gasteiger partial charge in [-0.2, -0.15) is 0 Å². The standard InChI is InChI=1S/C18H30O4S/c1-13(12-23-15-10-8-7-9-11-15)16(19-3)14(2)17(20-4)18(21-5)22-6/h7-11,13-14,16-18H,12H2,1-6H3/t13-,14-,16-,17+/m0/s1. The molecule has 0 N–H and O–H groups in total. The van der Waals surface area contributed by atoms with Gasteiger partial charge in [0, 0.05) is 45.0 Å². The monoisotopic (exact) mass is 342 g/mol. The minimum atomic E-state index is -0.401. The Morgan fingerprint density at radius 3 is 1.87 bits per heavy atom. The highest BCUT2D eigenvalue weighted by atomic mass is 32.2. The van der Waals surface area contributed by atoms with E-state index in [2.05, 4.69) is 38.1 Å². The summed E-state index contributed by atoms with van der Waals surface area (Å²) in [5.74, 6) is 1.49. The molecule has 4 atom stereocenters. The van der Waals surface area contributed by atoms with Crippen LogP contribution in [0.1, 0.15) is 13.8 Å². The molecule has 23 heavy (non-hydrogen) atoms. The lowest BCUT2D eigenvalue weighted by atomic mass is 9.89. The summed E-state index contributed by atoms with van der Waals surface area (Å²) in [5.41, 5.74) is 0. The molecule has 0 bridgehead atoms. The van der Waals surface area contributed by atoms with Crippen molar-refractivity contribution in [1.82, 2.24) is 0 Å². The van der Waals surface area contributed by atoms with Crippen molar-refractivity contribution in [2.45, 2.75) is 37.2 Å². The fraction of sp³-hybridized carbons (Fsp3) is 0.667. The van der Waals surface area contributed by atoms with Gasteiger partial charge in [0.15, 0.2) is 6.29 Å². The summed E-state index contributed by atoms with van der Waals surface area (Å²) in [6.45, 7) is 4.33. The van der Waals surface area contributed by atoms with E-state index in [0.29, 0.717) is 5.92 Å². The predicted molar refractivity (Wildman–Crippen MR) is 94.9 cm³/mol. The molecular weight excluding hydrogens is 312 g/mol. The minimum Gasteiger partial charge on any atom is -0.381 e. The molecule has 0 aliphatic carbocycles. The summed E-state index contributed by atoms with van der Waals surface area (Å²) in [5, 5.41) is 0. The zero-order chi connectivity index (χ0) is 17.2. The first-order valence-corrected chi connectivity index (χ1v) is 8.86. The third-order valence-corrected chi connectivity index (χ3v) is 5.43. The highest BCUT2D eigenvalue weighted by Crippen LogP contribution is 2.29. The van der Waals surface area contributed by atoms with Gasteiger partial charge in [-0.15, -0.1) is 11.8 Å². The predicted octanol–water partition coefficient (Wildman–Crippen LogP) is 3.70. The van der Waals surface area contributed by atoms with E-state index in [0.717, 1.165) is 5.75 Å². The fourth-order valence-electron chi connectivity index (χ4n) is 2.93. The maximum atomic E-state index is 5.78. The largest absolute Gasteiger partial charge is 0.381 e. The molecule has 1 rings (SSSR count). The zero-order valence-electron chi connectivity index (χ0n) is 15.0. The maximum Gasteiger partial charge on any atom is 0.183 e.